The summed E-state index contributed by atoms with van der Waals surface area (Å²) in [6.45, 7) is 2.98. The average Bonchev–Trinajstić information content (AvgIpc) is 2.49. The van der Waals surface area contributed by atoms with Gasteiger partial charge in [0.1, 0.15) is 0 Å². The zero-order chi connectivity index (χ0) is 13.5. The maximum Gasteiger partial charge on any atom is 0.236 e. The van der Waals surface area contributed by atoms with Crippen molar-refractivity contribution in [1.82, 2.24) is 10.2 Å². The van der Waals surface area contributed by atoms with Gasteiger partial charge in [0.15, 0.2) is 0 Å². The van der Waals surface area contributed by atoms with E-state index < -0.39 is 0 Å². The van der Waals surface area contributed by atoms with Gasteiger partial charge in [-0.05, 0) is 30.4 Å². The molecule has 1 aromatic carbocycles. The molecule has 4 heteroatoms. The number of nitrogens with one attached hydrogen (secondary N) is 1. The van der Waals surface area contributed by atoms with E-state index in [1.165, 1.54) is 6.42 Å². The summed E-state index contributed by atoms with van der Waals surface area (Å²) < 4.78 is 0. The maximum absolute atomic E-state index is 11.9. The quantitative estimate of drug-likeness (QED) is 0.840. The van der Waals surface area contributed by atoms with E-state index in [1.54, 1.807) is 0 Å². The highest BCUT2D eigenvalue weighted by Gasteiger charge is 2.15. The third-order valence-corrected chi connectivity index (χ3v) is 3.52. The van der Waals surface area contributed by atoms with E-state index in [0.29, 0.717) is 13.1 Å². The van der Waals surface area contributed by atoms with Gasteiger partial charge in [0.25, 0.3) is 0 Å². The molecule has 0 atom stereocenters. The summed E-state index contributed by atoms with van der Waals surface area (Å²) in [6, 6.07) is 7.76. The molecule has 0 radical (unpaired) electrons. The Morgan fingerprint density at radius 3 is 2.37 bits per heavy atom. The van der Waals surface area contributed by atoms with Crippen molar-refractivity contribution in [2.45, 2.75) is 32.4 Å². The Kier molecular flexibility index (Phi) is 5.36. The van der Waals surface area contributed by atoms with Crippen molar-refractivity contribution >= 4 is 5.91 Å². The summed E-state index contributed by atoms with van der Waals surface area (Å²) >= 11 is 0. The van der Waals surface area contributed by atoms with Crippen LogP contribution >= 0.6 is 0 Å². The fraction of sp³-hybridized carbons (Fsp3) is 0.533. The van der Waals surface area contributed by atoms with Gasteiger partial charge in [-0.3, -0.25) is 4.79 Å². The smallest absolute Gasteiger partial charge is 0.236 e. The second-order valence-corrected chi connectivity index (χ2v) is 5.02. The number of benzene rings is 1. The van der Waals surface area contributed by atoms with Crippen LogP contribution in [0.3, 0.4) is 0 Å². The molecule has 1 heterocycles. The monoisotopic (exact) mass is 262 g/mol. The Morgan fingerprint density at radius 2 is 1.74 bits per heavy atom. The summed E-state index contributed by atoms with van der Waals surface area (Å²) in [5.74, 6) is 0.201. The number of aliphatic hydroxyl groups is 1. The average molecular weight is 262 g/mol. The predicted octanol–water partition coefficient (Wildman–Crippen LogP) is 1.28. The molecule has 104 valence electrons. The number of carbonyl (C=O) groups excluding carboxylic acids is 1. The summed E-state index contributed by atoms with van der Waals surface area (Å²) in [7, 11) is 0. The number of piperidine rings is 1. The molecule has 1 saturated heterocycles. The van der Waals surface area contributed by atoms with Gasteiger partial charge >= 0.3 is 0 Å². The molecule has 1 aliphatic rings. The lowest BCUT2D eigenvalue weighted by Crippen LogP contribution is -2.40. The van der Waals surface area contributed by atoms with Gasteiger partial charge in [0.05, 0.1) is 13.2 Å². The van der Waals surface area contributed by atoms with Crippen LogP contribution in [0.25, 0.3) is 0 Å². The second kappa shape index (κ2) is 7.26. The molecular weight excluding hydrogens is 240 g/mol. The van der Waals surface area contributed by atoms with Crippen molar-refractivity contribution in [3.05, 3.63) is 35.4 Å². The molecule has 0 bridgehead atoms. The van der Waals surface area contributed by atoms with E-state index in [9.17, 15) is 4.79 Å². The molecule has 0 spiro atoms. The number of carbonyl (C=O) groups is 1. The van der Waals surface area contributed by atoms with Crippen LogP contribution in [0.2, 0.25) is 0 Å². The minimum atomic E-state index is 0.0706. The molecule has 0 aromatic heterocycles. The minimum Gasteiger partial charge on any atom is -0.392 e. The Labute approximate surface area is 114 Å². The molecule has 2 N–H and O–H groups in total. The van der Waals surface area contributed by atoms with Gasteiger partial charge < -0.3 is 15.3 Å². The first kappa shape index (κ1) is 14.0. The van der Waals surface area contributed by atoms with Gasteiger partial charge in [-0.2, -0.15) is 0 Å². The molecule has 0 saturated carbocycles. The highest BCUT2D eigenvalue weighted by molar-refractivity contribution is 5.78. The van der Waals surface area contributed by atoms with Crippen LogP contribution in [0.5, 0.6) is 0 Å². The van der Waals surface area contributed by atoms with Crippen molar-refractivity contribution in [1.29, 1.82) is 0 Å². The number of hydrogen-bond acceptors (Lipinski definition) is 3. The largest absolute Gasteiger partial charge is 0.392 e. The van der Waals surface area contributed by atoms with E-state index >= 15 is 0 Å². The van der Waals surface area contributed by atoms with Crippen molar-refractivity contribution in [3.63, 3.8) is 0 Å². The van der Waals surface area contributed by atoms with Gasteiger partial charge in [-0.15, -0.1) is 0 Å². The predicted molar refractivity (Wildman–Crippen MR) is 74.5 cm³/mol. The Morgan fingerprint density at radius 1 is 1.11 bits per heavy atom. The van der Waals surface area contributed by atoms with Crippen LogP contribution in [0.4, 0.5) is 0 Å². The number of hydrogen-bond donors (Lipinski definition) is 2. The second-order valence-electron chi connectivity index (χ2n) is 5.02. The first-order valence-corrected chi connectivity index (χ1v) is 6.97. The normalized spacial score (nSPS) is 15.5. The van der Waals surface area contributed by atoms with Crippen LogP contribution in [-0.2, 0) is 17.9 Å². The third-order valence-electron chi connectivity index (χ3n) is 3.52. The number of rotatable bonds is 5. The maximum atomic E-state index is 11.9. The summed E-state index contributed by atoms with van der Waals surface area (Å²) in [4.78, 5) is 13.9. The van der Waals surface area contributed by atoms with E-state index in [-0.39, 0.29) is 12.5 Å². The molecule has 1 aromatic rings. The summed E-state index contributed by atoms with van der Waals surface area (Å²) in [5.41, 5.74) is 2.04. The molecular formula is C15H22N2O2. The topological polar surface area (TPSA) is 52.6 Å². The first-order chi connectivity index (χ1) is 9.29. The Hall–Kier alpha value is -1.39. The van der Waals surface area contributed by atoms with Crippen LogP contribution in [0.1, 0.15) is 30.4 Å². The highest BCUT2D eigenvalue weighted by Crippen LogP contribution is 2.08. The molecule has 1 fully saturated rings. The zero-order valence-electron chi connectivity index (χ0n) is 11.3. The number of nitrogens with zero attached hydrogens (tertiary/aromatic N) is 1. The Bertz CT molecular complexity index is 397. The SMILES string of the molecule is O=C(CNCc1ccc(CO)cc1)N1CCCCC1. The summed E-state index contributed by atoms with van der Waals surface area (Å²) in [6.07, 6.45) is 3.51. The van der Waals surface area contributed by atoms with E-state index in [1.807, 2.05) is 29.2 Å². The lowest BCUT2D eigenvalue weighted by molar-refractivity contribution is -0.131. The van der Waals surface area contributed by atoms with Gasteiger partial charge in [-0.1, -0.05) is 24.3 Å². The number of amides is 1. The van der Waals surface area contributed by atoms with E-state index in [4.69, 9.17) is 5.11 Å². The standard InChI is InChI=1S/C15H22N2O2/c18-12-14-6-4-13(5-7-14)10-16-11-15(19)17-8-2-1-3-9-17/h4-7,16,18H,1-3,8-12H2. The van der Waals surface area contributed by atoms with Crippen molar-refractivity contribution < 1.29 is 9.90 Å². The van der Waals surface area contributed by atoms with E-state index in [0.717, 1.165) is 37.1 Å². The third kappa shape index (κ3) is 4.33. The first-order valence-electron chi connectivity index (χ1n) is 6.97. The van der Waals surface area contributed by atoms with Crippen molar-refractivity contribution in [2.24, 2.45) is 0 Å². The van der Waals surface area contributed by atoms with E-state index in [2.05, 4.69) is 5.32 Å². The van der Waals surface area contributed by atoms with Crippen LogP contribution < -0.4 is 5.32 Å². The fourth-order valence-corrected chi connectivity index (χ4v) is 2.33. The molecule has 0 aliphatic carbocycles. The molecule has 19 heavy (non-hydrogen) atoms. The lowest BCUT2D eigenvalue weighted by Gasteiger charge is -2.26. The zero-order valence-corrected chi connectivity index (χ0v) is 11.3. The van der Waals surface area contributed by atoms with Gasteiger partial charge in [0, 0.05) is 19.6 Å². The van der Waals surface area contributed by atoms with Crippen LogP contribution in [0.15, 0.2) is 24.3 Å². The number of likely N-dealkylation sites (tertiary alicyclic amines) is 1. The molecule has 1 aliphatic heterocycles. The van der Waals surface area contributed by atoms with Gasteiger partial charge in [-0.25, -0.2) is 0 Å². The van der Waals surface area contributed by atoms with Gasteiger partial charge in [0.2, 0.25) is 5.91 Å². The fourth-order valence-electron chi connectivity index (χ4n) is 2.33. The molecule has 1 amide bonds. The van der Waals surface area contributed by atoms with Crippen molar-refractivity contribution in [2.75, 3.05) is 19.6 Å². The minimum absolute atomic E-state index is 0.0706. The van der Waals surface area contributed by atoms with Crippen molar-refractivity contribution in [3.8, 4) is 0 Å². The molecule has 2 rings (SSSR count). The Balaban J connectivity index is 1.71. The summed E-state index contributed by atoms with van der Waals surface area (Å²) in [5, 5.41) is 12.1. The molecule has 0 unspecified atom stereocenters. The lowest BCUT2D eigenvalue weighted by atomic mass is 10.1. The highest BCUT2D eigenvalue weighted by atomic mass is 16.3. The molecule has 4 nitrogen and oxygen atoms in total. The number of aliphatic hydroxyl groups excluding tert-OH is 1. The van der Waals surface area contributed by atoms with Crippen LogP contribution in [-0.4, -0.2) is 35.5 Å². The van der Waals surface area contributed by atoms with Crippen LogP contribution in [0, 0.1) is 0 Å².